The van der Waals surface area contributed by atoms with Gasteiger partial charge in [-0.3, -0.25) is 14.9 Å². The number of amides is 1. The van der Waals surface area contributed by atoms with Crippen molar-refractivity contribution in [2.75, 3.05) is 18.1 Å². The Balaban J connectivity index is 1.92. The topological polar surface area (TPSA) is 122 Å². The van der Waals surface area contributed by atoms with Gasteiger partial charge in [-0.15, -0.1) is 0 Å². The summed E-state index contributed by atoms with van der Waals surface area (Å²) < 4.78 is 0. The molecule has 0 radical (unpaired) electrons. The van der Waals surface area contributed by atoms with E-state index in [1.807, 2.05) is 19.9 Å². The van der Waals surface area contributed by atoms with Gasteiger partial charge in [-0.2, -0.15) is 5.10 Å². The van der Waals surface area contributed by atoms with E-state index in [1.54, 1.807) is 19.2 Å². The fourth-order valence-electron chi connectivity index (χ4n) is 2.09. The van der Waals surface area contributed by atoms with E-state index in [2.05, 4.69) is 25.8 Å². The molecule has 0 unspecified atom stereocenters. The van der Waals surface area contributed by atoms with Crippen molar-refractivity contribution in [3.05, 3.63) is 51.3 Å². The number of anilines is 1. The molecule has 2 rings (SSSR count). The van der Waals surface area contributed by atoms with E-state index in [0.717, 1.165) is 11.4 Å². The zero-order chi connectivity index (χ0) is 19.1. The van der Waals surface area contributed by atoms with E-state index in [-0.39, 0.29) is 17.3 Å². The minimum Gasteiger partial charge on any atom is -0.383 e. The average Bonchev–Trinajstić information content (AvgIpc) is 2.59. The number of nitrogens with zero attached hydrogens (tertiary/aromatic N) is 4. The first-order valence-electron chi connectivity index (χ1n) is 7.62. The Morgan fingerprint density at radius 3 is 2.62 bits per heavy atom. The van der Waals surface area contributed by atoms with Crippen LogP contribution in [0.4, 0.5) is 11.4 Å². The molecule has 2 aromatic rings. The number of aryl methyl sites for hydroxylation is 2. The second-order valence-corrected chi connectivity index (χ2v) is 6.24. The van der Waals surface area contributed by atoms with Gasteiger partial charge in [0.25, 0.3) is 11.6 Å². The first-order valence-corrected chi connectivity index (χ1v) is 8.61. The molecule has 0 saturated carbocycles. The molecule has 2 N–H and O–H groups in total. The molecular formula is C16H18N6O3S. The van der Waals surface area contributed by atoms with Gasteiger partial charge in [0.15, 0.2) is 5.16 Å². The van der Waals surface area contributed by atoms with Gasteiger partial charge in [0, 0.05) is 30.1 Å². The maximum Gasteiger partial charge on any atom is 0.292 e. The number of carbonyl (C=O) groups is 1. The number of hydrogen-bond acceptors (Lipinski definition) is 8. The second kappa shape index (κ2) is 8.90. The Morgan fingerprint density at radius 1 is 1.31 bits per heavy atom. The van der Waals surface area contributed by atoms with E-state index >= 15 is 0 Å². The minimum atomic E-state index is -0.484. The van der Waals surface area contributed by atoms with Gasteiger partial charge < -0.3 is 5.32 Å². The van der Waals surface area contributed by atoms with Gasteiger partial charge in [0.05, 0.1) is 16.9 Å². The molecule has 1 aromatic carbocycles. The van der Waals surface area contributed by atoms with E-state index in [4.69, 9.17) is 0 Å². The van der Waals surface area contributed by atoms with Crippen molar-refractivity contribution in [2.24, 2.45) is 5.10 Å². The van der Waals surface area contributed by atoms with E-state index in [1.165, 1.54) is 24.0 Å². The number of nitrogens with one attached hydrogen (secondary N) is 2. The molecule has 9 nitrogen and oxygen atoms in total. The van der Waals surface area contributed by atoms with Crippen molar-refractivity contribution in [1.82, 2.24) is 15.4 Å². The van der Waals surface area contributed by atoms with Gasteiger partial charge in [0.2, 0.25) is 0 Å². The van der Waals surface area contributed by atoms with Crippen LogP contribution in [0.2, 0.25) is 0 Å². The van der Waals surface area contributed by atoms with Crippen LogP contribution in [0.3, 0.4) is 0 Å². The van der Waals surface area contributed by atoms with Crippen LogP contribution in [0.15, 0.2) is 34.5 Å². The monoisotopic (exact) mass is 374 g/mol. The van der Waals surface area contributed by atoms with E-state index < -0.39 is 4.92 Å². The number of rotatable bonds is 7. The number of nitro benzene ring substituents is 1. The summed E-state index contributed by atoms with van der Waals surface area (Å²) >= 11 is 1.21. The van der Waals surface area contributed by atoms with Crippen LogP contribution in [-0.4, -0.2) is 39.8 Å². The number of hydrazone groups is 1. The molecule has 0 atom stereocenters. The maximum atomic E-state index is 11.8. The van der Waals surface area contributed by atoms with Crippen molar-refractivity contribution in [1.29, 1.82) is 0 Å². The molecule has 0 saturated heterocycles. The number of hydrogen-bond donors (Lipinski definition) is 2. The van der Waals surface area contributed by atoms with Gasteiger partial charge in [-0.25, -0.2) is 15.4 Å². The molecule has 1 amide bonds. The van der Waals surface area contributed by atoms with Crippen molar-refractivity contribution in [2.45, 2.75) is 19.0 Å². The van der Waals surface area contributed by atoms with Gasteiger partial charge in [-0.1, -0.05) is 17.8 Å². The van der Waals surface area contributed by atoms with Crippen molar-refractivity contribution >= 4 is 35.3 Å². The van der Waals surface area contributed by atoms with Crippen LogP contribution >= 0.6 is 11.8 Å². The Hall–Kier alpha value is -3.01. The van der Waals surface area contributed by atoms with Gasteiger partial charge in [0.1, 0.15) is 5.69 Å². The third-order valence-electron chi connectivity index (χ3n) is 3.18. The summed E-state index contributed by atoms with van der Waals surface area (Å²) in [6, 6.07) is 6.47. The Morgan fingerprint density at radius 2 is 2.00 bits per heavy atom. The molecule has 0 aliphatic rings. The zero-order valence-electron chi connectivity index (χ0n) is 14.5. The molecule has 0 aliphatic heterocycles. The summed E-state index contributed by atoms with van der Waals surface area (Å²) in [7, 11) is 1.60. The zero-order valence-corrected chi connectivity index (χ0v) is 15.3. The standard InChI is InChI=1S/C16H18N6O3S/c1-10-6-11(2)20-16(19-10)26-9-15(23)21-18-8-12-4-5-13(17-3)14(7-12)22(24)25/h4-8,17H,9H2,1-3H3,(H,21,23)/b18-8+. The quantitative estimate of drug-likeness (QED) is 0.251. The minimum absolute atomic E-state index is 0.0645. The Kier molecular flexibility index (Phi) is 6.61. The molecule has 136 valence electrons. The van der Waals surface area contributed by atoms with Crippen molar-refractivity contribution < 1.29 is 9.72 Å². The summed E-state index contributed by atoms with van der Waals surface area (Å²) in [6.45, 7) is 3.73. The SMILES string of the molecule is CNc1ccc(/C=N/NC(=O)CSc2nc(C)cc(C)n2)cc1[N+](=O)[O-]. The fourth-order valence-corrected chi connectivity index (χ4v) is 2.83. The molecular weight excluding hydrogens is 356 g/mol. The van der Waals surface area contributed by atoms with Crippen LogP contribution < -0.4 is 10.7 Å². The smallest absolute Gasteiger partial charge is 0.292 e. The summed E-state index contributed by atoms with van der Waals surface area (Å²) in [4.78, 5) is 30.8. The summed E-state index contributed by atoms with van der Waals surface area (Å²) in [5.41, 5.74) is 4.89. The third kappa shape index (κ3) is 5.52. The highest BCUT2D eigenvalue weighted by Crippen LogP contribution is 2.24. The lowest BCUT2D eigenvalue weighted by Gasteiger charge is -2.03. The number of nitro groups is 1. The molecule has 0 bridgehead atoms. The first kappa shape index (κ1) is 19.3. The van der Waals surface area contributed by atoms with Crippen LogP contribution in [0, 0.1) is 24.0 Å². The van der Waals surface area contributed by atoms with Crippen LogP contribution in [-0.2, 0) is 4.79 Å². The normalized spacial score (nSPS) is 10.7. The first-order chi connectivity index (χ1) is 12.4. The van der Waals surface area contributed by atoms with Crippen LogP contribution in [0.1, 0.15) is 17.0 Å². The Bertz CT molecular complexity index is 836. The summed E-state index contributed by atoms with van der Waals surface area (Å²) in [5, 5.41) is 18.1. The fraction of sp³-hybridized carbons (Fsp3) is 0.250. The lowest BCUT2D eigenvalue weighted by Crippen LogP contribution is -2.19. The third-order valence-corrected chi connectivity index (χ3v) is 4.03. The molecule has 1 heterocycles. The largest absolute Gasteiger partial charge is 0.383 e. The van der Waals surface area contributed by atoms with Gasteiger partial charge in [-0.05, 0) is 26.0 Å². The maximum absolute atomic E-state index is 11.8. The molecule has 0 fully saturated rings. The highest BCUT2D eigenvalue weighted by molar-refractivity contribution is 7.99. The molecule has 1 aromatic heterocycles. The lowest BCUT2D eigenvalue weighted by atomic mass is 10.2. The summed E-state index contributed by atoms with van der Waals surface area (Å²) in [5.74, 6) is -0.214. The number of benzene rings is 1. The van der Waals surface area contributed by atoms with Crippen LogP contribution in [0.25, 0.3) is 0 Å². The molecule has 26 heavy (non-hydrogen) atoms. The van der Waals surface area contributed by atoms with Gasteiger partial charge >= 0.3 is 0 Å². The van der Waals surface area contributed by atoms with E-state index in [9.17, 15) is 14.9 Å². The highest BCUT2D eigenvalue weighted by atomic mass is 32.2. The number of aromatic nitrogens is 2. The summed E-state index contributed by atoms with van der Waals surface area (Å²) in [6.07, 6.45) is 1.35. The van der Waals surface area contributed by atoms with Crippen molar-refractivity contribution in [3.8, 4) is 0 Å². The Labute approximate surface area is 154 Å². The number of carbonyl (C=O) groups excluding carboxylic acids is 1. The molecule has 10 heteroatoms. The highest BCUT2D eigenvalue weighted by Gasteiger charge is 2.12. The molecule has 0 spiro atoms. The number of thioether (sulfide) groups is 1. The van der Waals surface area contributed by atoms with Crippen molar-refractivity contribution in [3.63, 3.8) is 0 Å². The predicted octanol–water partition coefficient (Wildman–Crippen LogP) is 2.29. The average molecular weight is 374 g/mol. The van der Waals surface area contributed by atoms with E-state index in [0.29, 0.717) is 16.4 Å². The molecule has 0 aliphatic carbocycles. The second-order valence-electron chi connectivity index (χ2n) is 5.30. The lowest BCUT2D eigenvalue weighted by molar-refractivity contribution is -0.383. The predicted molar refractivity (Wildman–Crippen MR) is 101 cm³/mol. The van der Waals surface area contributed by atoms with Crippen LogP contribution in [0.5, 0.6) is 0 Å².